The van der Waals surface area contributed by atoms with Crippen LogP contribution in [0.4, 0.5) is 0 Å². The number of likely N-dealkylation sites (N-methyl/N-ethyl adjacent to an activating group) is 1. The largest absolute Gasteiger partial charge is 0.465 e. The van der Waals surface area contributed by atoms with Crippen molar-refractivity contribution in [3.8, 4) is 0 Å². The summed E-state index contributed by atoms with van der Waals surface area (Å²) in [6.45, 7) is 2.33. The fourth-order valence-corrected chi connectivity index (χ4v) is 2.86. The molecule has 1 saturated heterocycles. The monoisotopic (exact) mass is 334 g/mol. The van der Waals surface area contributed by atoms with Gasteiger partial charge in [0, 0.05) is 25.4 Å². The van der Waals surface area contributed by atoms with Crippen LogP contribution in [0.5, 0.6) is 0 Å². The molecular weight excluding hydrogens is 316 g/mol. The number of carbonyl (C=O) groups excluding carboxylic acids is 1. The zero-order valence-electron chi connectivity index (χ0n) is 13.0. The maximum atomic E-state index is 12.6. The molecule has 0 bridgehead atoms. The highest BCUT2D eigenvalue weighted by atomic mass is 35.5. The van der Waals surface area contributed by atoms with Gasteiger partial charge >= 0.3 is 0 Å². The Morgan fingerprint density at radius 1 is 1.43 bits per heavy atom. The fraction of sp³-hybridized carbons (Fsp3) is 0.375. The molecule has 0 aromatic carbocycles. The maximum Gasteiger partial charge on any atom is 0.241 e. The average Bonchev–Trinajstić information content (AvgIpc) is 3.17. The normalized spacial score (nSPS) is 20.7. The molecule has 2 aromatic rings. The van der Waals surface area contributed by atoms with E-state index < -0.39 is 0 Å². The van der Waals surface area contributed by atoms with Crippen molar-refractivity contribution < 1.29 is 9.21 Å². The van der Waals surface area contributed by atoms with Crippen molar-refractivity contribution in [3.63, 3.8) is 0 Å². The minimum absolute atomic E-state index is 0.00296. The summed E-state index contributed by atoms with van der Waals surface area (Å²) in [5, 5.41) is 0.425. The summed E-state index contributed by atoms with van der Waals surface area (Å²) in [5.74, 6) is 1.70. The Bertz CT molecular complexity index is 703. The van der Waals surface area contributed by atoms with Crippen LogP contribution >= 0.6 is 11.6 Å². The number of pyridine rings is 1. The summed E-state index contributed by atoms with van der Waals surface area (Å²) in [6.07, 6.45) is 2.27. The van der Waals surface area contributed by atoms with Crippen molar-refractivity contribution in [1.82, 2.24) is 20.7 Å². The number of aromatic nitrogens is 1. The van der Waals surface area contributed by atoms with Crippen LogP contribution in [0.1, 0.15) is 29.5 Å². The molecule has 2 unspecified atom stereocenters. The number of nitrogens with zero attached hydrogens (tertiary/aromatic N) is 2. The first-order valence-electron chi connectivity index (χ1n) is 7.46. The van der Waals surface area contributed by atoms with Crippen LogP contribution in [0.15, 0.2) is 34.9 Å². The van der Waals surface area contributed by atoms with Crippen LogP contribution in [0.2, 0.25) is 5.15 Å². The minimum Gasteiger partial charge on any atom is -0.465 e. The van der Waals surface area contributed by atoms with E-state index in [9.17, 15) is 4.79 Å². The van der Waals surface area contributed by atoms with Gasteiger partial charge < -0.3 is 9.32 Å². The second-order valence-electron chi connectivity index (χ2n) is 5.73. The Balaban J connectivity index is 1.61. The van der Waals surface area contributed by atoms with E-state index in [1.165, 1.54) is 0 Å². The van der Waals surface area contributed by atoms with E-state index in [4.69, 9.17) is 16.0 Å². The number of furan rings is 1. The lowest BCUT2D eigenvalue weighted by Crippen LogP contribution is -2.43. The molecule has 2 atom stereocenters. The molecule has 0 radical (unpaired) electrons. The van der Waals surface area contributed by atoms with Gasteiger partial charge in [0.05, 0.1) is 6.04 Å². The van der Waals surface area contributed by atoms with E-state index in [2.05, 4.69) is 15.8 Å². The van der Waals surface area contributed by atoms with Gasteiger partial charge in [-0.2, -0.15) is 0 Å². The van der Waals surface area contributed by atoms with Crippen LogP contribution in [-0.4, -0.2) is 28.9 Å². The molecule has 1 amide bonds. The van der Waals surface area contributed by atoms with E-state index in [1.54, 1.807) is 18.1 Å². The average molecular weight is 335 g/mol. The molecule has 23 heavy (non-hydrogen) atoms. The van der Waals surface area contributed by atoms with Gasteiger partial charge in [0.25, 0.3) is 0 Å². The second-order valence-corrected chi connectivity index (χ2v) is 6.08. The van der Waals surface area contributed by atoms with E-state index in [0.717, 1.165) is 17.1 Å². The topological polar surface area (TPSA) is 70.4 Å². The van der Waals surface area contributed by atoms with Gasteiger partial charge in [-0.05, 0) is 31.5 Å². The molecule has 122 valence electrons. The molecule has 0 aliphatic carbocycles. The second kappa shape index (κ2) is 6.70. The van der Waals surface area contributed by atoms with Gasteiger partial charge in [0.1, 0.15) is 22.7 Å². The first-order chi connectivity index (χ1) is 11.0. The number of hydrogen-bond donors (Lipinski definition) is 2. The highest BCUT2D eigenvalue weighted by molar-refractivity contribution is 6.30. The molecule has 3 rings (SSSR count). The lowest BCUT2D eigenvalue weighted by atomic mass is 10.1. The van der Waals surface area contributed by atoms with Crippen LogP contribution < -0.4 is 10.9 Å². The number of hydrogen-bond acceptors (Lipinski definition) is 5. The Kier molecular flexibility index (Phi) is 4.66. The fourth-order valence-electron chi connectivity index (χ4n) is 2.68. The van der Waals surface area contributed by atoms with E-state index >= 15 is 0 Å². The number of carbonyl (C=O) groups is 1. The van der Waals surface area contributed by atoms with Crippen molar-refractivity contribution in [2.45, 2.75) is 32.0 Å². The minimum atomic E-state index is -0.300. The molecule has 1 aliphatic heterocycles. The number of halogens is 1. The van der Waals surface area contributed by atoms with Gasteiger partial charge in [-0.1, -0.05) is 17.7 Å². The third-order valence-corrected chi connectivity index (χ3v) is 4.27. The molecule has 0 saturated carbocycles. The third-order valence-electron chi connectivity index (χ3n) is 3.93. The van der Waals surface area contributed by atoms with Crippen molar-refractivity contribution in [3.05, 3.63) is 52.7 Å². The summed E-state index contributed by atoms with van der Waals surface area (Å²) < 4.78 is 5.61. The van der Waals surface area contributed by atoms with Crippen LogP contribution in [0.25, 0.3) is 0 Å². The summed E-state index contributed by atoms with van der Waals surface area (Å²) in [4.78, 5) is 18.3. The van der Waals surface area contributed by atoms with Gasteiger partial charge in [-0.3, -0.25) is 4.79 Å². The SMILES string of the molecule is Cc1ccc(C2CC(C(=O)N(C)Cc3cccnc3Cl)NN2)o1. The summed E-state index contributed by atoms with van der Waals surface area (Å²) >= 11 is 6.05. The summed E-state index contributed by atoms with van der Waals surface area (Å²) in [5.41, 5.74) is 6.99. The molecule has 2 aromatic heterocycles. The number of aryl methyl sites for hydroxylation is 1. The Hall–Kier alpha value is -1.89. The van der Waals surface area contributed by atoms with Crippen LogP contribution in [0, 0.1) is 6.92 Å². The molecule has 3 heterocycles. The first kappa shape index (κ1) is 16.0. The summed E-state index contributed by atoms with van der Waals surface area (Å²) in [7, 11) is 1.76. The van der Waals surface area contributed by atoms with Gasteiger partial charge in [-0.25, -0.2) is 15.8 Å². The van der Waals surface area contributed by atoms with Gasteiger partial charge in [0.15, 0.2) is 0 Å². The predicted octanol–water partition coefficient (Wildman–Crippen LogP) is 2.20. The molecule has 2 N–H and O–H groups in total. The maximum absolute atomic E-state index is 12.6. The van der Waals surface area contributed by atoms with Crippen molar-refractivity contribution >= 4 is 17.5 Å². The lowest BCUT2D eigenvalue weighted by Gasteiger charge is -2.21. The van der Waals surface area contributed by atoms with Crippen molar-refractivity contribution in [2.24, 2.45) is 0 Å². The third kappa shape index (κ3) is 3.55. The number of amides is 1. The van der Waals surface area contributed by atoms with E-state index in [1.807, 2.05) is 31.2 Å². The van der Waals surface area contributed by atoms with E-state index in [-0.39, 0.29) is 18.0 Å². The van der Waals surface area contributed by atoms with Crippen LogP contribution in [-0.2, 0) is 11.3 Å². The molecule has 1 fully saturated rings. The predicted molar refractivity (Wildman–Crippen MR) is 86.6 cm³/mol. The molecule has 7 heteroatoms. The zero-order valence-corrected chi connectivity index (χ0v) is 13.8. The number of hydrazine groups is 1. The molecule has 1 aliphatic rings. The summed E-state index contributed by atoms with van der Waals surface area (Å²) in [6, 6.07) is 7.22. The Morgan fingerprint density at radius 2 is 2.26 bits per heavy atom. The standard InChI is InChI=1S/C16H19ClN4O2/c1-10-5-6-14(23-10)12-8-13(20-19-12)16(22)21(2)9-11-4-3-7-18-15(11)17/h3-7,12-13,19-20H,8-9H2,1-2H3. The highest BCUT2D eigenvalue weighted by Gasteiger charge is 2.33. The van der Waals surface area contributed by atoms with Gasteiger partial charge in [0.2, 0.25) is 5.91 Å². The number of nitrogens with one attached hydrogen (secondary N) is 2. The van der Waals surface area contributed by atoms with Crippen molar-refractivity contribution in [1.29, 1.82) is 0 Å². The zero-order chi connectivity index (χ0) is 16.4. The Labute approximate surface area is 139 Å². The smallest absolute Gasteiger partial charge is 0.241 e. The van der Waals surface area contributed by atoms with Gasteiger partial charge in [-0.15, -0.1) is 0 Å². The first-order valence-corrected chi connectivity index (χ1v) is 7.84. The Morgan fingerprint density at radius 3 is 2.96 bits per heavy atom. The van der Waals surface area contributed by atoms with E-state index in [0.29, 0.717) is 18.1 Å². The molecule has 6 nitrogen and oxygen atoms in total. The lowest BCUT2D eigenvalue weighted by molar-refractivity contribution is -0.132. The highest BCUT2D eigenvalue weighted by Crippen LogP contribution is 2.25. The number of rotatable bonds is 4. The quantitative estimate of drug-likeness (QED) is 0.839. The molecular formula is C16H19ClN4O2. The van der Waals surface area contributed by atoms with Crippen LogP contribution in [0.3, 0.4) is 0 Å². The van der Waals surface area contributed by atoms with Crippen molar-refractivity contribution in [2.75, 3.05) is 7.05 Å². The molecule has 0 spiro atoms.